The lowest BCUT2D eigenvalue weighted by Crippen LogP contribution is -2.53. The average molecular weight is 491 g/mol. The molecule has 7 N–H and O–H groups in total. The molecule has 2 amide bonds. The molecule has 9 heteroatoms. The summed E-state index contributed by atoms with van der Waals surface area (Å²) in [6.45, 7) is 0.907. The zero-order chi connectivity index (χ0) is 23.8. The van der Waals surface area contributed by atoms with Gasteiger partial charge in [-0.1, -0.05) is 0 Å². The Hall–Kier alpha value is -1.32. The van der Waals surface area contributed by atoms with Gasteiger partial charge in [0.1, 0.15) is 0 Å². The number of fused-ring (bicyclic) bond motifs is 2. The van der Waals surface area contributed by atoms with Gasteiger partial charge in [-0.15, -0.1) is 11.8 Å². The van der Waals surface area contributed by atoms with Crippen LogP contribution in [0.25, 0.3) is 0 Å². The van der Waals surface area contributed by atoms with Crippen LogP contribution in [0.3, 0.4) is 0 Å². The lowest BCUT2D eigenvalue weighted by atomic mass is 9.77. The van der Waals surface area contributed by atoms with Crippen molar-refractivity contribution in [2.45, 2.75) is 100 Å². The summed E-state index contributed by atoms with van der Waals surface area (Å²) in [5.41, 5.74) is 11.5. The first-order valence-electron chi connectivity index (χ1n) is 13.4. The van der Waals surface area contributed by atoms with Crippen LogP contribution in [-0.4, -0.2) is 64.4 Å². The molecule has 0 bridgehead atoms. The molecule has 7 unspecified atom stereocenters. The number of nitrogens with two attached hydrogens (primary N) is 2. The van der Waals surface area contributed by atoms with Gasteiger partial charge in [0.15, 0.2) is 0 Å². The van der Waals surface area contributed by atoms with E-state index in [4.69, 9.17) is 16.9 Å². The maximum atomic E-state index is 13.7. The van der Waals surface area contributed by atoms with Gasteiger partial charge in [0.2, 0.25) is 11.8 Å². The van der Waals surface area contributed by atoms with Crippen molar-refractivity contribution in [2.75, 3.05) is 12.4 Å². The Balaban J connectivity index is 1.26. The van der Waals surface area contributed by atoms with Gasteiger partial charge in [-0.05, 0) is 82.5 Å². The molecule has 0 aromatic carbocycles. The second-order valence-electron chi connectivity index (χ2n) is 11.5. The number of carbonyl (C=O) groups excluding carboxylic acids is 2. The predicted molar refractivity (Wildman–Crippen MR) is 135 cm³/mol. The lowest BCUT2D eigenvalue weighted by Gasteiger charge is -2.40. The minimum atomic E-state index is -0.168. The first-order valence-corrected chi connectivity index (χ1v) is 14.5. The molecule has 8 nitrogen and oxygen atoms in total. The Bertz CT molecular complexity index is 787. The maximum absolute atomic E-state index is 13.7. The van der Waals surface area contributed by atoms with Crippen molar-refractivity contribution >= 4 is 29.4 Å². The highest BCUT2D eigenvalue weighted by atomic mass is 32.2. The van der Waals surface area contributed by atoms with E-state index in [1.165, 1.54) is 0 Å². The number of rotatable bonds is 6. The molecule has 0 aromatic heterocycles. The highest BCUT2D eigenvalue weighted by Gasteiger charge is 2.48. The second kappa shape index (κ2) is 10.3. The normalized spacial score (nSPS) is 42.5. The molecule has 2 heterocycles. The number of nitrogens with zero attached hydrogens (tertiary/aromatic N) is 1. The first kappa shape index (κ1) is 24.4. The average Bonchev–Trinajstić information content (AvgIpc) is 3.43. The van der Waals surface area contributed by atoms with E-state index in [2.05, 4.69) is 15.5 Å². The van der Waals surface area contributed by atoms with Crippen LogP contribution in [0.2, 0.25) is 0 Å². The molecule has 2 saturated heterocycles. The van der Waals surface area contributed by atoms with Gasteiger partial charge in [-0.3, -0.25) is 19.9 Å². The van der Waals surface area contributed by atoms with Crippen molar-refractivity contribution < 1.29 is 9.59 Å². The van der Waals surface area contributed by atoms with E-state index < -0.39 is 0 Å². The summed E-state index contributed by atoms with van der Waals surface area (Å²) in [6.07, 6.45) is 10.9. The summed E-state index contributed by atoms with van der Waals surface area (Å²) in [4.78, 5) is 27.8. The number of hydrogen-bond donors (Lipinski definition) is 5. The highest BCUT2D eigenvalue weighted by molar-refractivity contribution is 8.00. The third kappa shape index (κ3) is 5.12. The Morgan fingerprint density at radius 2 is 1.74 bits per heavy atom. The van der Waals surface area contributed by atoms with E-state index in [0.29, 0.717) is 35.0 Å². The van der Waals surface area contributed by atoms with Crippen molar-refractivity contribution in [3.63, 3.8) is 0 Å². The quantitative estimate of drug-likeness (QED) is 0.284. The molecule has 3 saturated carbocycles. The minimum Gasteiger partial charge on any atom is -0.387 e. The van der Waals surface area contributed by atoms with Crippen molar-refractivity contribution in [2.24, 2.45) is 35.1 Å². The molecule has 5 aliphatic rings. The fourth-order valence-electron chi connectivity index (χ4n) is 7.51. The number of likely N-dealkylation sites (tertiary alicyclic amines) is 1. The Kier molecular flexibility index (Phi) is 7.42. The van der Waals surface area contributed by atoms with Gasteiger partial charge in [-0.2, -0.15) is 0 Å². The zero-order valence-electron chi connectivity index (χ0n) is 20.2. The summed E-state index contributed by atoms with van der Waals surface area (Å²) >= 11 is 2.00. The van der Waals surface area contributed by atoms with Crippen LogP contribution in [-0.2, 0) is 9.59 Å². The lowest BCUT2D eigenvalue weighted by molar-refractivity contribution is -0.127. The third-order valence-electron chi connectivity index (χ3n) is 9.55. The smallest absolute Gasteiger partial charge is 0.237 e. The van der Waals surface area contributed by atoms with Gasteiger partial charge < -0.3 is 22.1 Å². The van der Waals surface area contributed by atoms with E-state index in [-0.39, 0.29) is 35.7 Å². The van der Waals surface area contributed by atoms with E-state index >= 15 is 0 Å². The van der Waals surface area contributed by atoms with Gasteiger partial charge >= 0.3 is 0 Å². The molecule has 0 radical (unpaired) electrons. The van der Waals surface area contributed by atoms with E-state index in [9.17, 15) is 9.59 Å². The number of amidine groups is 1. The van der Waals surface area contributed by atoms with Crippen LogP contribution in [0.4, 0.5) is 0 Å². The molecule has 7 atom stereocenters. The third-order valence-corrected chi connectivity index (χ3v) is 10.8. The molecule has 3 aliphatic carbocycles. The van der Waals surface area contributed by atoms with Gasteiger partial charge in [0, 0.05) is 47.6 Å². The van der Waals surface area contributed by atoms with E-state index in [1.807, 2.05) is 11.8 Å². The van der Waals surface area contributed by atoms with Crippen molar-refractivity contribution in [1.82, 2.24) is 15.5 Å². The molecule has 0 aromatic rings. The number of amides is 2. The van der Waals surface area contributed by atoms with Crippen LogP contribution in [0, 0.1) is 29.1 Å². The van der Waals surface area contributed by atoms with Crippen LogP contribution in [0.1, 0.15) is 70.6 Å². The first-order chi connectivity index (χ1) is 16.4. The molecule has 2 aliphatic heterocycles. The highest BCUT2D eigenvalue weighted by Crippen LogP contribution is 2.43. The SMILES string of the molecule is N=C(N)C1CCC2CC(C(=O)NC3CCC4NCSC4C3)N(CC3CCC(C(N)=O)CC3)C2C1. The van der Waals surface area contributed by atoms with Crippen molar-refractivity contribution in [1.29, 1.82) is 5.41 Å². The van der Waals surface area contributed by atoms with E-state index in [1.54, 1.807) is 0 Å². The van der Waals surface area contributed by atoms with Crippen LogP contribution >= 0.6 is 11.8 Å². The Morgan fingerprint density at radius 3 is 2.47 bits per heavy atom. The topological polar surface area (TPSA) is 137 Å². The molecule has 34 heavy (non-hydrogen) atoms. The maximum Gasteiger partial charge on any atom is 0.237 e. The number of thioether (sulfide) groups is 1. The van der Waals surface area contributed by atoms with Crippen LogP contribution < -0.4 is 22.1 Å². The predicted octanol–water partition coefficient (Wildman–Crippen LogP) is 1.77. The molecule has 190 valence electrons. The summed E-state index contributed by atoms with van der Waals surface area (Å²) in [6, 6.07) is 1.14. The minimum absolute atomic E-state index is 0.0107. The standard InChI is InChI=1S/C25H42N6O2S/c26-23(27)17-6-5-16-9-21(25(33)30-18-7-8-19-22(11-18)34-13-29-19)31(20(16)10-17)12-14-1-3-15(4-2-14)24(28)32/h14-22,29H,1-13H2,(H3,26,27)(H2,28,32)(H,30,33). The Labute approximate surface area is 207 Å². The molecule has 5 fully saturated rings. The van der Waals surface area contributed by atoms with Crippen molar-refractivity contribution in [3.05, 3.63) is 0 Å². The van der Waals surface area contributed by atoms with Crippen LogP contribution in [0.15, 0.2) is 0 Å². The van der Waals surface area contributed by atoms with E-state index in [0.717, 1.165) is 83.1 Å². The summed E-state index contributed by atoms with van der Waals surface area (Å²) in [7, 11) is 0. The van der Waals surface area contributed by atoms with Crippen LogP contribution in [0.5, 0.6) is 0 Å². The number of hydrogen-bond acceptors (Lipinski definition) is 6. The van der Waals surface area contributed by atoms with Crippen molar-refractivity contribution in [3.8, 4) is 0 Å². The molecular formula is C25H42N6O2S. The fraction of sp³-hybridized carbons (Fsp3) is 0.880. The van der Waals surface area contributed by atoms with Gasteiger partial charge in [-0.25, -0.2) is 0 Å². The van der Waals surface area contributed by atoms with Gasteiger partial charge in [0.25, 0.3) is 0 Å². The summed E-state index contributed by atoms with van der Waals surface area (Å²) < 4.78 is 0. The molecular weight excluding hydrogens is 448 g/mol. The largest absolute Gasteiger partial charge is 0.387 e. The monoisotopic (exact) mass is 490 g/mol. The second-order valence-corrected chi connectivity index (χ2v) is 12.8. The number of nitrogens with one attached hydrogen (secondary N) is 3. The summed E-state index contributed by atoms with van der Waals surface area (Å²) in [5, 5.41) is 15.7. The molecule has 0 spiro atoms. The summed E-state index contributed by atoms with van der Waals surface area (Å²) in [5.74, 6) is 2.53. The number of carbonyl (C=O) groups is 2. The fourth-order valence-corrected chi connectivity index (χ4v) is 8.87. The molecule has 5 rings (SSSR count). The Morgan fingerprint density at radius 1 is 0.971 bits per heavy atom. The zero-order valence-corrected chi connectivity index (χ0v) is 21.0. The van der Waals surface area contributed by atoms with Gasteiger partial charge in [0.05, 0.1) is 11.9 Å². The number of primary amides is 1.